The fourth-order valence-electron chi connectivity index (χ4n) is 7.25. The van der Waals surface area contributed by atoms with Crippen LogP contribution in [0, 0.1) is 11.8 Å². The number of carbonyl (C=O) groups excluding carboxylic acids is 2. The Kier molecular flexibility index (Phi) is 5.67. The van der Waals surface area contributed by atoms with Crippen LogP contribution in [0.3, 0.4) is 0 Å². The number of carbonyl (C=O) groups is 2. The zero-order chi connectivity index (χ0) is 22.4. The molecule has 0 unspecified atom stereocenters. The summed E-state index contributed by atoms with van der Waals surface area (Å²) in [6.45, 7) is 6.84. The highest BCUT2D eigenvalue weighted by atomic mass is 16.5. The average molecular weight is 453 g/mol. The number of anilines is 1. The summed E-state index contributed by atoms with van der Waals surface area (Å²) in [6.07, 6.45) is 6.15. The highest BCUT2D eigenvalue weighted by Crippen LogP contribution is 2.57. The van der Waals surface area contributed by atoms with Crippen molar-refractivity contribution in [1.29, 1.82) is 0 Å². The van der Waals surface area contributed by atoms with E-state index in [9.17, 15) is 9.59 Å². The topological polar surface area (TPSA) is 65.1 Å². The molecular weight excluding hydrogens is 416 g/mol. The fraction of sp³-hybridized carbons (Fsp3) is 0.692. The van der Waals surface area contributed by atoms with E-state index in [1.165, 1.54) is 0 Å². The van der Waals surface area contributed by atoms with Crippen molar-refractivity contribution in [1.82, 2.24) is 15.1 Å². The molecule has 3 atom stereocenters. The van der Waals surface area contributed by atoms with Crippen LogP contribution < -0.4 is 10.2 Å². The van der Waals surface area contributed by atoms with E-state index in [2.05, 4.69) is 27.2 Å². The van der Waals surface area contributed by atoms with Gasteiger partial charge in [-0.2, -0.15) is 0 Å². The maximum absolute atomic E-state index is 14.3. The zero-order valence-electron chi connectivity index (χ0n) is 19.5. The van der Waals surface area contributed by atoms with Gasteiger partial charge in [0.2, 0.25) is 5.91 Å². The first-order valence-corrected chi connectivity index (χ1v) is 13.0. The molecule has 2 amide bonds. The molecule has 1 aromatic rings. The van der Waals surface area contributed by atoms with Gasteiger partial charge in [0.15, 0.2) is 0 Å². The van der Waals surface area contributed by atoms with E-state index in [0.29, 0.717) is 25.0 Å². The van der Waals surface area contributed by atoms with Gasteiger partial charge < -0.3 is 19.9 Å². The van der Waals surface area contributed by atoms with E-state index in [4.69, 9.17) is 4.74 Å². The van der Waals surface area contributed by atoms with Gasteiger partial charge in [-0.15, -0.1) is 0 Å². The summed E-state index contributed by atoms with van der Waals surface area (Å²) in [6, 6.07) is 8.58. The Hall–Kier alpha value is -1.96. The Morgan fingerprint density at radius 3 is 2.73 bits per heavy atom. The Morgan fingerprint density at radius 1 is 1.00 bits per heavy atom. The van der Waals surface area contributed by atoms with E-state index in [1.807, 2.05) is 17.0 Å². The van der Waals surface area contributed by atoms with Crippen molar-refractivity contribution >= 4 is 17.5 Å². The normalized spacial score (nSPS) is 33.8. The van der Waals surface area contributed by atoms with Gasteiger partial charge in [0.1, 0.15) is 5.54 Å². The molecule has 0 saturated carbocycles. The molecule has 2 bridgehead atoms. The SMILES string of the molecule is O=C1NCCCN(CC2CCOCC2)CCN2C(=O)[C@@]3(c4ccccc42)[C@H]1C[C@@H]1CCCN13. The predicted octanol–water partition coefficient (Wildman–Crippen LogP) is 1.96. The van der Waals surface area contributed by atoms with E-state index in [-0.39, 0.29) is 17.7 Å². The standard InChI is InChI=1S/C26H36N4O3/c31-24-22-17-20-5-3-12-30(20)26(22)21-6-1-2-7-23(21)29(25(26)32)14-13-28(11-4-10-27-24)18-19-8-15-33-16-9-19/h1-2,6-7,19-20,22H,3-5,8-18H2,(H,27,31)/t20-,22-,26+/m0/s1. The molecule has 4 fully saturated rings. The van der Waals surface area contributed by atoms with Gasteiger partial charge in [0.05, 0.1) is 5.92 Å². The van der Waals surface area contributed by atoms with Crippen molar-refractivity contribution in [3.05, 3.63) is 29.8 Å². The average Bonchev–Trinajstić information content (AvgIpc) is 3.49. The highest BCUT2D eigenvalue weighted by Gasteiger charge is 2.67. The van der Waals surface area contributed by atoms with Crippen LogP contribution in [0.1, 0.15) is 44.1 Å². The Balaban J connectivity index is 1.35. The Morgan fingerprint density at radius 2 is 1.85 bits per heavy atom. The zero-order valence-corrected chi connectivity index (χ0v) is 19.5. The lowest BCUT2D eigenvalue weighted by atomic mass is 9.78. The lowest BCUT2D eigenvalue weighted by molar-refractivity contribution is -0.139. The number of amides is 2. The van der Waals surface area contributed by atoms with E-state index in [0.717, 1.165) is 89.2 Å². The van der Waals surface area contributed by atoms with Crippen LogP contribution in [0.4, 0.5) is 5.69 Å². The fourth-order valence-corrected chi connectivity index (χ4v) is 7.25. The molecular formula is C26H36N4O3. The molecule has 0 aliphatic carbocycles. The van der Waals surface area contributed by atoms with Gasteiger partial charge in [-0.25, -0.2) is 0 Å². The molecule has 5 aliphatic rings. The summed E-state index contributed by atoms with van der Waals surface area (Å²) in [5, 5.41) is 3.23. The van der Waals surface area contributed by atoms with Crippen molar-refractivity contribution in [2.24, 2.45) is 11.8 Å². The monoisotopic (exact) mass is 452 g/mol. The van der Waals surface area contributed by atoms with Gasteiger partial charge in [0, 0.05) is 56.7 Å². The summed E-state index contributed by atoms with van der Waals surface area (Å²) in [4.78, 5) is 34.8. The number of ether oxygens (including phenoxy) is 1. The lowest BCUT2D eigenvalue weighted by Crippen LogP contribution is -2.57. The van der Waals surface area contributed by atoms with Crippen LogP contribution in [0.15, 0.2) is 24.3 Å². The summed E-state index contributed by atoms with van der Waals surface area (Å²) in [5.74, 6) is 0.531. The van der Waals surface area contributed by atoms with Gasteiger partial charge >= 0.3 is 0 Å². The summed E-state index contributed by atoms with van der Waals surface area (Å²) < 4.78 is 5.56. The third-order valence-corrected chi connectivity index (χ3v) is 8.78. The molecule has 178 valence electrons. The van der Waals surface area contributed by atoms with Crippen molar-refractivity contribution < 1.29 is 14.3 Å². The number of benzene rings is 1. The molecule has 1 spiro atoms. The Bertz CT molecular complexity index is 917. The molecule has 33 heavy (non-hydrogen) atoms. The van der Waals surface area contributed by atoms with Crippen molar-refractivity contribution in [3.8, 4) is 0 Å². The van der Waals surface area contributed by atoms with E-state index in [1.54, 1.807) is 0 Å². The lowest BCUT2D eigenvalue weighted by Gasteiger charge is -2.38. The van der Waals surface area contributed by atoms with Crippen LogP contribution in [0.25, 0.3) is 0 Å². The second-order valence-corrected chi connectivity index (χ2v) is 10.5. The highest BCUT2D eigenvalue weighted by molar-refractivity contribution is 6.10. The number of rotatable bonds is 2. The molecule has 6 rings (SSSR count). The maximum atomic E-state index is 14.3. The quantitative estimate of drug-likeness (QED) is 0.743. The molecule has 0 radical (unpaired) electrons. The number of nitrogens with zero attached hydrogens (tertiary/aromatic N) is 3. The number of hydrogen-bond acceptors (Lipinski definition) is 5. The smallest absolute Gasteiger partial charge is 0.253 e. The molecule has 0 aromatic heterocycles. The number of para-hydroxylation sites is 1. The Labute approximate surface area is 196 Å². The number of fused-ring (bicyclic) bond motifs is 4. The molecule has 7 heteroatoms. The minimum absolute atomic E-state index is 0.0611. The summed E-state index contributed by atoms with van der Waals surface area (Å²) in [7, 11) is 0. The molecule has 5 aliphatic heterocycles. The number of nitrogens with one attached hydrogen (secondary N) is 1. The third kappa shape index (κ3) is 3.43. The molecule has 5 heterocycles. The van der Waals surface area contributed by atoms with Crippen LogP contribution >= 0.6 is 0 Å². The molecule has 1 aromatic carbocycles. The minimum atomic E-state index is -0.827. The van der Waals surface area contributed by atoms with Crippen molar-refractivity contribution in [2.75, 3.05) is 57.4 Å². The van der Waals surface area contributed by atoms with Gasteiger partial charge in [-0.05, 0) is 63.6 Å². The predicted molar refractivity (Wildman–Crippen MR) is 126 cm³/mol. The first-order valence-electron chi connectivity index (χ1n) is 13.0. The number of hydrogen-bond donors (Lipinski definition) is 1. The summed E-state index contributed by atoms with van der Waals surface area (Å²) in [5.41, 5.74) is 1.24. The van der Waals surface area contributed by atoms with Crippen molar-refractivity contribution in [3.63, 3.8) is 0 Å². The van der Waals surface area contributed by atoms with E-state index >= 15 is 0 Å². The first kappa shape index (κ1) is 21.6. The largest absolute Gasteiger partial charge is 0.381 e. The minimum Gasteiger partial charge on any atom is -0.381 e. The molecule has 4 saturated heterocycles. The van der Waals surface area contributed by atoms with Crippen LogP contribution in [-0.4, -0.2) is 80.1 Å². The molecule has 1 N–H and O–H groups in total. The van der Waals surface area contributed by atoms with Gasteiger partial charge in [-0.3, -0.25) is 14.5 Å². The second kappa shape index (κ2) is 8.67. The van der Waals surface area contributed by atoms with Gasteiger partial charge in [0.25, 0.3) is 5.91 Å². The van der Waals surface area contributed by atoms with Crippen molar-refractivity contribution in [2.45, 2.75) is 50.1 Å². The maximum Gasteiger partial charge on any atom is 0.253 e. The summed E-state index contributed by atoms with van der Waals surface area (Å²) >= 11 is 0. The van der Waals surface area contributed by atoms with Crippen LogP contribution in [0.2, 0.25) is 0 Å². The first-order chi connectivity index (χ1) is 16.2. The van der Waals surface area contributed by atoms with Crippen LogP contribution in [0.5, 0.6) is 0 Å². The third-order valence-electron chi connectivity index (χ3n) is 8.78. The second-order valence-electron chi connectivity index (χ2n) is 10.5. The van der Waals surface area contributed by atoms with Gasteiger partial charge in [-0.1, -0.05) is 18.2 Å². The van der Waals surface area contributed by atoms with Crippen LogP contribution in [-0.2, 0) is 19.9 Å². The van der Waals surface area contributed by atoms with E-state index < -0.39 is 5.54 Å². The molecule has 7 nitrogen and oxygen atoms in total.